The molecule has 2 aromatic heterocycles. The normalized spacial score (nSPS) is 11.9. The van der Waals surface area contributed by atoms with E-state index in [-0.39, 0.29) is 17.9 Å². The number of carbonyl (C=O) groups excluding carboxylic acids is 2. The predicted molar refractivity (Wildman–Crippen MR) is 84.9 cm³/mol. The third-order valence-electron chi connectivity index (χ3n) is 3.29. The van der Waals surface area contributed by atoms with E-state index in [2.05, 4.69) is 19.9 Å². The zero-order valence-corrected chi connectivity index (χ0v) is 14.0. The van der Waals surface area contributed by atoms with Gasteiger partial charge in [0.25, 0.3) is 5.91 Å². The van der Waals surface area contributed by atoms with E-state index >= 15 is 0 Å². The first-order valence-corrected chi connectivity index (χ1v) is 8.42. The minimum absolute atomic E-state index is 0.0207. The summed E-state index contributed by atoms with van der Waals surface area (Å²) in [7, 11) is 1.77. The molecule has 0 aliphatic rings. The van der Waals surface area contributed by atoms with Crippen LogP contribution < -0.4 is 5.32 Å². The molecule has 0 saturated carbocycles. The first-order chi connectivity index (χ1) is 10.6. The van der Waals surface area contributed by atoms with E-state index in [1.807, 2.05) is 6.92 Å². The molecule has 1 unspecified atom stereocenters. The number of nitrogens with zero attached hydrogens (tertiary/aromatic N) is 4. The van der Waals surface area contributed by atoms with E-state index in [1.54, 1.807) is 29.9 Å². The highest BCUT2D eigenvalue weighted by Crippen LogP contribution is 2.09. The van der Waals surface area contributed by atoms with Gasteiger partial charge < -0.3 is 10.2 Å². The number of aromatic nitrogens is 3. The van der Waals surface area contributed by atoms with Crippen LogP contribution in [0.15, 0.2) is 17.9 Å². The molecule has 0 radical (unpaired) electrons. The second-order valence-corrected chi connectivity index (χ2v) is 6.58. The van der Waals surface area contributed by atoms with Crippen molar-refractivity contribution in [3.8, 4) is 0 Å². The second kappa shape index (κ2) is 7.95. The summed E-state index contributed by atoms with van der Waals surface area (Å²) in [4.78, 5) is 30.9. The lowest BCUT2D eigenvalue weighted by atomic mass is 10.2. The number of hydrogen-bond donors (Lipinski definition) is 1. The Labute approximate surface area is 136 Å². The predicted octanol–water partition coefficient (Wildman–Crippen LogP) is 1.20. The van der Waals surface area contributed by atoms with Crippen LogP contribution in [0.1, 0.15) is 27.9 Å². The molecule has 2 rings (SSSR count). The Bertz CT molecular complexity index is 600. The number of rotatable bonds is 7. The number of thiazole rings is 1. The van der Waals surface area contributed by atoms with Gasteiger partial charge in [-0.25, -0.2) is 0 Å². The Morgan fingerprint density at radius 1 is 1.41 bits per heavy atom. The quantitative estimate of drug-likeness (QED) is 0.819. The van der Waals surface area contributed by atoms with E-state index in [9.17, 15) is 9.59 Å². The van der Waals surface area contributed by atoms with Crippen LogP contribution in [0.25, 0.3) is 0 Å². The van der Waals surface area contributed by atoms with Crippen molar-refractivity contribution in [2.45, 2.75) is 25.8 Å². The van der Waals surface area contributed by atoms with E-state index in [0.717, 1.165) is 4.88 Å². The van der Waals surface area contributed by atoms with Gasteiger partial charge in [0.2, 0.25) is 5.91 Å². The minimum Gasteiger partial charge on any atom is -0.351 e. The fraction of sp³-hybridized carbons (Fsp3) is 0.462. The molecule has 2 aromatic rings. The van der Waals surface area contributed by atoms with Crippen molar-refractivity contribution in [2.75, 3.05) is 13.6 Å². The molecule has 7 nitrogen and oxygen atoms in total. The summed E-state index contributed by atoms with van der Waals surface area (Å²) in [5.74, 6) is -0.105. The Morgan fingerprint density at radius 2 is 2.23 bits per heavy atom. The van der Waals surface area contributed by atoms with Gasteiger partial charge in [0.05, 0.1) is 29.2 Å². The Morgan fingerprint density at radius 3 is 2.86 bits per heavy atom. The third kappa shape index (κ3) is 4.57. The molecule has 118 valence electrons. The third-order valence-corrected chi connectivity index (χ3v) is 4.72. The monoisotopic (exact) mass is 339 g/mol. The van der Waals surface area contributed by atoms with Crippen molar-refractivity contribution < 1.29 is 9.59 Å². The first-order valence-electron chi connectivity index (χ1n) is 6.76. The maximum absolute atomic E-state index is 12.1. The molecule has 0 spiro atoms. The SMILES string of the molecule is CC(CCNC(=O)c1cncs1)N(C)C(=O)Cc1cnns1. The van der Waals surface area contributed by atoms with Gasteiger partial charge in [0.1, 0.15) is 4.88 Å². The van der Waals surface area contributed by atoms with Crippen LogP contribution in [-0.4, -0.2) is 50.9 Å². The molecule has 1 N–H and O–H groups in total. The van der Waals surface area contributed by atoms with Gasteiger partial charge in [0.15, 0.2) is 0 Å². The molecular formula is C13H17N5O2S2. The van der Waals surface area contributed by atoms with E-state index < -0.39 is 0 Å². The zero-order chi connectivity index (χ0) is 15.9. The van der Waals surface area contributed by atoms with Crippen molar-refractivity contribution in [1.82, 2.24) is 24.8 Å². The first kappa shape index (κ1) is 16.5. The smallest absolute Gasteiger partial charge is 0.262 e. The molecule has 0 saturated heterocycles. The second-order valence-electron chi connectivity index (χ2n) is 4.82. The molecule has 2 heterocycles. The fourth-order valence-corrected chi connectivity index (χ4v) is 2.81. The minimum atomic E-state index is -0.126. The lowest BCUT2D eigenvalue weighted by molar-refractivity contribution is -0.130. The average molecular weight is 339 g/mol. The molecule has 9 heteroatoms. The summed E-state index contributed by atoms with van der Waals surface area (Å²) < 4.78 is 3.74. The molecule has 0 fully saturated rings. The van der Waals surface area contributed by atoms with Gasteiger partial charge in [0, 0.05) is 19.6 Å². The molecule has 1 atom stereocenters. The number of likely N-dealkylation sites (N-methyl/N-ethyl adjacent to an activating group) is 1. The van der Waals surface area contributed by atoms with Crippen LogP contribution in [-0.2, 0) is 11.2 Å². The highest BCUT2D eigenvalue weighted by molar-refractivity contribution is 7.11. The number of carbonyl (C=O) groups is 2. The maximum Gasteiger partial charge on any atom is 0.262 e. The van der Waals surface area contributed by atoms with Crippen LogP contribution in [0.4, 0.5) is 0 Å². The average Bonchev–Trinajstić information content (AvgIpc) is 3.19. The van der Waals surface area contributed by atoms with Crippen LogP contribution in [0.2, 0.25) is 0 Å². The number of amides is 2. The Balaban J connectivity index is 1.73. The van der Waals surface area contributed by atoms with E-state index in [4.69, 9.17) is 0 Å². The van der Waals surface area contributed by atoms with E-state index in [1.165, 1.54) is 22.9 Å². The topological polar surface area (TPSA) is 88.1 Å². The lowest BCUT2D eigenvalue weighted by Gasteiger charge is -2.24. The van der Waals surface area contributed by atoms with Gasteiger partial charge >= 0.3 is 0 Å². The van der Waals surface area contributed by atoms with Crippen molar-refractivity contribution in [3.05, 3.63) is 27.7 Å². The number of hydrogen-bond acceptors (Lipinski definition) is 7. The summed E-state index contributed by atoms with van der Waals surface area (Å²) in [6, 6.07) is 0.0372. The Kier molecular flexibility index (Phi) is 5.96. The van der Waals surface area contributed by atoms with Crippen molar-refractivity contribution >= 4 is 34.7 Å². The van der Waals surface area contributed by atoms with Crippen molar-refractivity contribution in [2.24, 2.45) is 0 Å². The summed E-state index contributed by atoms with van der Waals surface area (Å²) in [6.07, 6.45) is 4.15. The molecule has 0 aliphatic heterocycles. The largest absolute Gasteiger partial charge is 0.351 e. The van der Waals surface area contributed by atoms with Gasteiger partial charge in [-0.2, -0.15) is 0 Å². The highest BCUT2D eigenvalue weighted by atomic mass is 32.1. The van der Waals surface area contributed by atoms with Crippen molar-refractivity contribution in [1.29, 1.82) is 0 Å². The fourth-order valence-electron chi connectivity index (χ4n) is 1.79. The van der Waals surface area contributed by atoms with Crippen LogP contribution in [0.5, 0.6) is 0 Å². The van der Waals surface area contributed by atoms with Crippen molar-refractivity contribution in [3.63, 3.8) is 0 Å². The maximum atomic E-state index is 12.1. The molecule has 0 aliphatic carbocycles. The van der Waals surface area contributed by atoms with Crippen LogP contribution in [0.3, 0.4) is 0 Å². The zero-order valence-electron chi connectivity index (χ0n) is 12.4. The van der Waals surface area contributed by atoms with Gasteiger partial charge in [-0.3, -0.25) is 14.6 Å². The molecular weight excluding hydrogens is 322 g/mol. The van der Waals surface area contributed by atoms with Crippen LogP contribution >= 0.6 is 22.9 Å². The summed E-state index contributed by atoms with van der Waals surface area (Å²) in [6.45, 7) is 2.47. The standard InChI is InChI=1S/C13H17N5O2S2/c1-9(3-4-15-13(20)11-7-14-8-21-11)18(2)12(19)5-10-6-16-17-22-10/h6-9H,3-5H2,1-2H3,(H,15,20). The summed E-state index contributed by atoms with van der Waals surface area (Å²) in [5.41, 5.74) is 1.62. The van der Waals surface area contributed by atoms with Gasteiger partial charge in [-0.05, 0) is 24.9 Å². The summed E-state index contributed by atoms with van der Waals surface area (Å²) in [5, 5.41) is 6.55. The van der Waals surface area contributed by atoms with Crippen LogP contribution in [0, 0.1) is 0 Å². The molecule has 0 bridgehead atoms. The lowest BCUT2D eigenvalue weighted by Crippen LogP contribution is -2.38. The summed E-state index contributed by atoms with van der Waals surface area (Å²) >= 11 is 2.54. The highest BCUT2D eigenvalue weighted by Gasteiger charge is 2.17. The Hall–Kier alpha value is -1.87. The molecule has 22 heavy (non-hydrogen) atoms. The van der Waals surface area contributed by atoms with Gasteiger partial charge in [-0.15, -0.1) is 16.4 Å². The van der Waals surface area contributed by atoms with Gasteiger partial charge in [-0.1, -0.05) is 4.49 Å². The molecule has 2 amide bonds. The number of nitrogens with one attached hydrogen (secondary N) is 1. The molecule has 0 aromatic carbocycles. The van der Waals surface area contributed by atoms with E-state index in [0.29, 0.717) is 24.3 Å².